The second-order valence-corrected chi connectivity index (χ2v) is 3.58. The number of tetrazole rings is 1. The van der Waals surface area contributed by atoms with E-state index in [0.717, 1.165) is 5.56 Å². The zero-order valence-electron chi connectivity index (χ0n) is 9.38. The quantitative estimate of drug-likeness (QED) is 0.786. The maximum atomic E-state index is 11.8. The summed E-state index contributed by atoms with van der Waals surface area (Å²) in [6, 6.07) is 4.79. The molecule has 1 heterocycles. The Labute approximate surface area is 97.1 Å². The highest BCUT2D eigenvalue weighted by atomic mass is 16.3. The molecule has 0 aliphatic rings. The second kappa shape index (κ2) is 4.20. The van der Waals surface area contributed by atoms with E-state index in [2.05, 4.69) is 20.7 Å². The lowest BCUT2D eigenvalue weighted by molar-refractivity contribution is 0.102. The molecule has 0 fully saturated rings. The third-order valence-electron chi connectivity index (χ3n) is 2.13. The Balaban J connectivity index is 2.20. The standard InChI is InChI=1S/C10H11N5O2/c1-6-3-4-7(8(16)5-6)9(17)11-10-12-14-15(2)13-10/h3-5,16H,1-2H3,(H,11,13,17). The Hall–Kier alpha value is -2.44. The summed E-state index contributed by atoms with van der Waals surface area (Å²) in [5, 5.41) is 23.1. The van der Waals surface area contributed by atoms with Gasteiger partial charge in [-0.2, -0.15) is 4.80 Å². The molecular weight excluding hydrogens is 222 g/mol. The number of benzene rings is 1. The average molecular weight is 233 g/mol. The van der Waals surface area contributed by atoms with Crippen molar-refractivity contribution >= 4 is 11.9 Å². The number of carbonyl (C=O) groups is 1. The monoisotopic (exact) mass is 233 g/mol. The van der Waals surface area contributed by atoms with Gasteiger partial charge in [-0.15, -0.1) is 5.10 Å². The van der Waals surface area contributed by atoms with Crippen LogP contribution in [0.5, 0.6) is 5.75 Å². The minimum Gasteiger partial charge on any atom is -0.507 e. The number of carbonyl (C=O) groups excluding carboxylic acids is 1. The number of nitrogens with one attached hydrogen (secondary N) is 1. The van der Waals surface area contributed by atoms with Crippen LogP contribution in [0.4, 0.5) is 5.95 Å². The number of nitrogens with zero attached hydrogens (tertiary/aromatic N) is 4. The number of aromatic nitrogens is 4. The van der Waals surface area contributed by atoms with Crippen molar-refractivity contribution in [2.45, 2.75) is 6.92 Å². The Kier molecular flexibility index (Phi) is 2.73. The van der Waals surface area contributed by atoms with Crippen LogP contribution in [0, 0.1) is 6.92 Å². The van der Waals surface area contributed by atoms with Crippen molar-refractivity contribution < 1.29 is 9.90 Å². The van der Waals surface area contributed by atoms with Crippen LogP contribution in [-0.4, -0.2) is 31.2 Å². The largest absolute Gasteiger partial charge is 0.507 e. The zero-order valence-corrected chi connectivity index (χ0v) is 9.38. The molecule has 0 radical (unpaired) electrons. The summed E-state index contributed by atoms with van der Waals surface area (Å²) in [5.41, 5.74) is 1.04. The first-order valence-corrected chi connectivity index (χ1v) is 4.91. The second-order valence-electron chi connectivity index (χ2n) is 3.58. The smallest absolute Gasteiger partial charge is 0.270 e. The van der Waals surface area contributed by atoms with Gasteiger partial charge in [0.15, 0.2) is 0 Å². The molecule has 1 amide bonds. The van der Waals surface area contributed by atoms with Gasteiger partial charge in [-0.1, -0.05) is 11.2 Å². The molecule has 0 aliphatic heterocycles. The summed E-state index contributed by atoms with van der Waals surface area (Å²) in [5.74, 6) is -0.459. The molecule has 1 aromatic carbocycles. The number of anilines is 1. The number of aryl methyl sites for hydroxylation is 2. The highest BCUT2D eigenvalue weighted by Crippen LogP contribution is 2.18. The number of phenolic OH excluding ortho intramolecular Hbond substituents is 1. The average Bonchev–Trinajstić information content (AvgIpc) is 2.63. The molecule has 2 aromatic rings. The number of aromatic hydroxyl groups is 1. The van der Waals surface area contributed by atoms with Crippen LogP contribution in [-0.2, 0) is 7.05 Å². The van der Waals surface area contributed by atoms with Gasteiger partial charge in [-0.3, -0.25) is 10.1 Å². The first-order valence-electron chi connectivity index (χ1n) is 4.91. The predicted molar refractivity (Wildman–Crippen MR) is 59.6 cm³/mol. The van der Waals surface area contributed by atoms with Crippen LogP contribution >= 0.6 is 0 Å². The molecule has 0 atom stereocenters. The summed E-state index contributed by atoms with van der Waals surface area (Å²) in [4.78, 5) is 13.0. The van der Waals surface area contributed by atoms with Crippen molar-refractivity contribution in [3.63, 3.8) is 0 Å². The fourth-order valence-electron chi connectivity index (χ4n) is 1.34. The lowest BCUT2D eigenvalue weighted by Crippen LogP contribution is -2.13. The van der Waals surface area contributed by atoms with Gasteiger partial charge in [0.05, 0.1) is 12.6 Å². The summed E-state index contributed by atoms with van der Waals surface area (Å²) < 4.78 is 0. The molecule has 0 saturated carbocycles. The Bertz CT molecular complexity index is 564. The Morgan fingerprint density at radius 1 is 1.47 bits per heavy atom. The summed E-state index contributed by atoms with van der Waals surface area (Å²) in [7, 11) is 1.59. The summed E-state index contributed by atoms with van der Waals surface area (Å²) in [6.45, 7) is 1.83. The molecule has 7 heteroatoms. The van der Waals surface area contributed by atoms with Crippen LogP contribution < -0.4 is 5.32 Å². The Morgan fingerprint density at radius 3 is 2.82 bits per heavy atom. The number of hydrogen-bond acceptors (Lipinski definition) is 5. The van der Waals surface area contributed by atoms with Crippen LogP contribution in [0.25, 0.3) is 0 Å². The molecule has 17 heavy (non-hydrogen) atoms. The third-order valence-corrected chi connectivity index (χ3v) is 2.13. The van der Waals surface area contributed by atoms with E-state index in [1.54, 1.807) is 13.1 Å². The number of amides is 1. The van der Waals surface area contributed by atoms with Crippen LogP contribution in [0.3, 0.4) is 0 Å². The fraction of sp³-hybridized carbons (Fsp3) is 0.200. The minimum atomic E-state index is -0.476. The molecule has 7 nitrogen and oxygen atoms in total. The normalized spacial score (nSPS) is 10.2. The lowest BCUT2D eigenvalue weighted by Gasteiger charge is -2.04. The molecule has 0 spiro atoms. The first kappa shape index (κ1) is 11.1. The van der Waals surface area contributed by atoms with E-state index < -0.39 is 5.91 Å². The fourth-order valence-corrected chi connectivity index (χ4v) is 1.34. The number of hydrogen-bond donors (Lipinski definition) is 2. The van der Waals surface area contributed by atoms with E-state index in [-0.39, 0.29) is 17.3 Å². The van der Waals surface area contributed by atoms with Gasteiger partial charge in [-0.05, 0) is 29.8 Å². The van der Waals surface area contributed by atoms with Crippen LogP contribution in [0.2, 0.25) is 0 Å². The van der Waals surface area contributed by atoms with Crippen molar-refractivity contribution in [1.29, 1.82) is 0 Å². The van der Waals surface area contributed by atoms with E-state index >= 15 is 0 Å². The maximum absolute atomic E-state index is 11.8. The van der Waals surface area contributed by atoms with Gasteiger partial charge in [-0.25, -0.2) is 0 Å². The van der Waals surface area contributed by atoms with Crippen LogP contribution in [0.1, 0.15) is 15.9 Å². The highest BCUT2D eigenvalue weighted by Gasteiger charge is 2.13. The van der Waals surface area contributed by atoms with Crippen molar-refractivity contribution in [3.8, 4) is 5.75 Å². The van der Waals surface area contributed by atoms with E-state index in [4.69, 9.17) is 0 Å². The Morgan fingerprint density at radius 2 is 2.24 bits per heavy atom. The molecule has 0 unspecified atom stereocenters. The van der Waals surface area contributed by atoms with Gasteiger partial charge in [0.2, 0.25) is 0 Å². The van der Waals surface area contributed by atoms with E-state index in [1.807, 2.05) is 6.92 Å². The lowest BCUT2D eigenvalue weighted by atomic mass is 10.1. The van der Waals surface area contributed by atoms with E-state index in [0.29, 0.717) is 0 Å². The molecule has 0 aliphatic carbocycles. The van der Waals surface area contributed by atoms with Gasteiger partial charge >= 0.3 is 0 Å². The highest BCUT2D eigenvalue weighted by molar-refractivity contribution is 6.05. The SMILES string of the molecule is Cc1ccc(C(=O)Nc2nnn(C)n2)c(O)c1. The summed E-state index contributed by atoms with van der Waals surface area (Å²) in [6.07, 6.45) is 0. The predicted octanol–water partition coefficient (Wildman–Crippen LogP) is 0.476. The van der Waals surface area contributed by atoms with Gasteiger partial charge in [0.25, 0.3) is 11.9 Å². The van der Waals surface area contributed by atoms with Gasteiger partial charge < -0.3 is 5.11 Å². The zero-order chi connectivity index (χ0) is 12.4. The molecule has 0 saturated heterocycles. The molecule has 2 N–H and O–H groups in total. The molecule has 88 valence electrons. The maximum Gasteiger partial charge on any atom is 0.270 e. The third kappa shape index (κ3) is 2.39. The van der Waals surface area contributed by atoms with Crippen molar-refractivity contribution in [2.24, 2.45) is 7.05 Å². The number of rotatable bonds is 2. The topological polar surface area (TPSA) is 92.9 Å². The number of phenols is 1. The molecule has 2 rings (SSSR count). The van der Waals surface area contributed by atoms with Crippen molar-refractivity contribution in [2.75, 3.05) is 5.32 Å². The molecule has 0 bridgehead atoms. The van der Waals surface area contributed by atoms with Gasteiger partial charge in [0, 0.05) is 0 Å². The minimum absolute atomic E-state index is 0.0774. The van der Waals surface area contributed by atoms with Crippen molar-refractivity contribution in [1.82, 2.24) is 20.2 Å². The van der Waals surface area contributed by atoms with Crippen LogP contribution in [0.15, 0.2) is 18.2 Å². The van der Waals surface area contributed by atoms with E-state index in [1.165, 1.54) is 16.9 Å². The van der Waals surface area contributed by atoms with Gasteiger partial charge in [0.1, 0.15) is 5.75 Å². The molecular formula is C10H11N5O2. The van der Waals surface area contributed by atoms with Crippen molar-refractivity contribution in [3.05, 3.63) is 29.3 Å². The molecule has 1 aromatic heterocycles. The summed E-state index contributed by atoms with van der Waals surface area (Å²) >= 11 is 0. The first-order chi connectivity index (χ1) is 8.06. The van der Waals surface area contributed by atoms with E-state index in [9.17, 15) is 9.90 Å².